The lowest BCUT2D eigenvalue weighted by molar-refractivity contribution is 0.190. The molecule has 188 valence electrons. The topological polar surface area (TPSA) is 124 Å². The van der Waals surface area contributed by atoms with Crippen LogP contribution in [0.1, 0.15) is 12.5 Å². The Morgan fingerprint density at radius 2 is 1.61 bits per heavy atom. The van der Waals surface area contributed by atoms with E-state index in [0.29, 0.717) is 37.6 Å². The van der Waals surface area contributed by atoms with Gasteiger partial charge in [0, 0.05) is 44.8 Å². The van der Waals surface area contributed by atoms with Gasteiger partial charge in [-0.3, -0.25) is 14.3 Å². The molecule has 4 aromatic rings. The molecule has 0 aliphatic carbocycles. The summed E-state index contributed by atoms with van der Waals surface area (Å²) in [4.78, 5) is 36.9. The number of fused-ring (bicyclic) bond motifs is 1. The minimum Gasteiger partial charge on any atom is -0.332 e. The molecule has 1 saturated heterocycles. The zero-order valence-corrected chi connectivity index (χ0v) is 20.8. The van der Waals surface area contributed by atoms with Crippen molar-refractivity contribution in [2.24, 2.45) is 0 Å². The first kappa shape index (κ1) is 24.2. The molecule has 1 aliphatic rings. The fourth-order valence-corrected chi connectivity index (χ4v) is 5.92. The smallest absolute Gasteiger partial charge is 0.330 e. The molecule has 0 atom stereocenters. The summed E-state index contributed by atoms with van der Waals surface area (Å²) in [7, 11) is -3.62. The molecule has 0 unspecified atom stereocenters. The monoisotopic (exact) mass is 508 g/mol. The standard InChI is InChI=1S/C25H28N6O4S/c1-2-31-24(32)21-23(28-25(31)33)27-22(26-21)19-8-10-20(11-9-19)36(34,35)30-16-14-29(15-17-30)13-12-18-6-4-3-5-7-18/h3-11H,2,12-17H2,1H3,(H,26,27)(H,28,33). The molecular weight excluding hydrogens is 480 g/mol. The van der Waals surface area contributed by atoms with Gasteiger partial charge in [0.2, 0.25) is 10.0 Å². The summed E-state index contributed by atoms with van der Waals surface area (Å²) in [6, 6.07) is 16.7. The Kier molecular flexibility index (Phi) is 6.61. The zero-order chi connectivity index (χ0) is 25.3. The normalized spacial score (nSPS) is 15.5. The highest BCUT2D eigenvalue weighted by atomic mass is 32.2. The second-order valence-electron chi connectivity index (χ2n) is 8.79. The summed E-state index contributed by atoms with van der Waals surface area (Å²) in [6.45, 7) is 5.13. The van der Waals surface area contributed by atoms with Crippen molar-refractivity contribution in [3.8, 4) is 11.4 Å². The van der Waals surface area contributed by atoms with Crippen LogP contribution in [0.5, 0.6) is 0 Å². The van der Waals surface area contributed by atoms with Gasteiger partial charge in [-0.05, 0) is 43.2 Å². The van der Waals surface area contributed by atoms with E-state index in [1.54, 1.807) is 31.2 Å². The highest BCUT2D eigenvalue weighted by Crippen LogP contribution is 2.23. The van der Waals surface area contributed by atoms with Crippen LogP contribution in [-0.4, -0.2) is 69.9 Å². The molecule has 0 radical (unpaired) electrons. The van der Waals surface area contributed by atoms with Crippen LogP contribution in [0.3, 0.4) is 0 Å². The van der Waals surface area contributed by atoms with Gasteiger partial charge in [-0.25, -0.2) is 18.2 Å². The van der Waals surface area contributed by atoms with Crippen molar-refractivity contribution in [1.82, 2.24) is 28.7 Å². The number of aromatic amines is 2. The van der Waals surface area contributed by atoms with Crippen molar-refractivity contribution in [1.29, 1.82) is 0 Å². The predicted molar refractivity (Wildman–Crippen MR) is 137 cm³/mol. The lowest BCUT2D eigenvalue weighted by atomic mass is 10.1. The van der Waals surface area contributed by atoms with E-state index < -0.39 is 21.3 Å². The zero-order valence-electron chi connectivity index (χ0n) is 20.0. The number of sulfonamides is 1. The van der Waals surface area contributed by atoms with E-state index in [1.807, 2.05) is 18.2 Å². The number of nitrogens with zero attached hydrogens (tertiary/aromatic N) is 4. The van der Waals surface area contributed by atoms with Gasteiger partial charge in [0.15, 0.2) is 5.65 Å². The molecule has 36 heavy (non-hydrogen) atoms. The summed E-state index contributed by atoms with van der Waals surface area (Å²) in [6.07, 6.45) is 0.941. The lowest BCUT2D eigenvalue weighted by Crippen LogP contribution is -2.48. The number of nitrogens with one attached hydrogen (secondary N) is 2. The Labute approximate surface area is 208 Å². The van der Waals surface area contributed by atoms with Gasteiger partial charge >= 0.3 is 5.69 Å². The number of hydrogen-bond donors (Lipinski definition) is 2. The molecule has 0 bridgehead atoms. The van der Waals surface area contributed by atoms with Gasteiger partial charge < -0.3 is 9.88 Å². The van der Waals surface area contributed by atoms with Gasteiger partial charge in [-0.2, -0.15) is 4.31 Å². The number of rotatable bonds is 7. The van der Waals surface area contributed by atoms with E-state index in [-0.39, 0.29) is 22.6 Å². The number of H-pyrrole nitrogens is 2. The second kappa shape index (κ2) is 9.84. The first-order valence-corrected chi connectivity index (χ1v) is 13.4. The Morgan fingerprint density at radius 1 is 0.917 bits per heavy atom. The molecule has 2 aromatic carbocycles. The first-order valence-electron chi connectivity index (χ1n) is 12.0. The van der Waals surface area contributed by atoms with E-state index in [4.69, 9.17) is 0 Å². The molecular formula is C25H28N6O4S. The maximum atomic E-state index is 13.2. The fraction of sp³-hybridized carbons (Fsp3) is 0.320. The SMILES string of the molecule is CCn1c(=O)[nH]c2nc(-c3ccc(S(=O)(=O)N4CCN(CCc5ccccc5)CC4)cc3)[nH]c2c1=O. The summed E-state index contributed by atoms with van der Waals surface area (Å²) in [5.74, 6) is 0.377. The number of imidazole rings is 1. The van der Waals surface area contributed by atoms with Gasteiger partial charge in [0.25, 0.3) is 5.56 Å². The number of piperazine rings is 1. The molecule has 0 saturated carbocycles. The Balaban J connectivity index is 1.27. The van der Waals surface area contributed by atoms with Crippen LogP contribution in [-0.2, 0) is 23.0 Å². The van der Waals surface area contributed by atoms with Crippen molar-refractivity contribution in [3.63, 3.8) is 0 Å². The average Bonchev–Trinajstić information content (AvgIpc) is 3.33. The number of hydrogen-bond acceptors (Lipinski definition) is 6. The third-order valence-corrected chi connectivity index (χ3v) is 8.52. The summed E-state index contributed by atoms with van der Waals surface area (Å²) >= 11 is 0. The van der Waals surface area contributed by atoms with Crippen molar-refractivity contribution in [2.75, 3.05) is 32.7 Å². The van der Waals surface area contributed by atoms with Crippen LogP contribution in [0.2, 0.25) is 0 Å². The molecule has 11 heteroatoms. The van der Waals surface area contributed by atoms with Crippen molar-refractivity contribution < 1.29 is 8.42 Å². The molecule has 3 heterocycles. The lowest BCUT2D eigenvalue weighted by Gasteiger charge is -2.34. The number of benzene rings is 2. The van der Waals surface area contributed by atoms with Crippen molar-refractivity contribution >= 4 is 21.2 Å². The highest BCUT2D eigenvalue weighted by molar-refractivity contribution is 7.89. The molecule has 10 nitrogen and oxygen atoms in total. The van der Waals surface area contributed by atoms with Crippen LogP contribution < -0.4 is 11.2 Å². The highest BCUT2D eigenvalue weighted by Gasteiger charge is 2.28. The average molecular weight is 509 g/mol. The van der Waals surface area contributed by atoms with E-state index in [2.05, 4.69) is 32.0 Å². The molecule has 2 aromatic heterocycles. The minimum absolute atomic E-state index is 0.173. The maximum absolute atomic E-state index is 13.2. The molecule has 5 rings (SSSR count). The van der Waals surface area contributed by atoms with Gasteiger partial charge in [-0.15, -0.1) is 0 Å². The Hall–Kier alpha value is -3.54. The third kappa shape index (κ3) is 4.64. The first-order chi connectivity index (χ1) is 17.4. The van der Waals surface area contributed by atoms with E-state index in [0.717, 1.165) is 17.5 Å². The minimum atomic E-state index is -3.62. The molecule has 0 amide bonds. The van der Waals surface area contributed by atoms with Crippen LogP contribution in [0.4, 0.5) is 0 Å². The van der Waals surface area contributed by atoms with Crippen LogP contribution in [0.25, 0.3) is 22.6 Å². The van der Waals surface area contributed by atoms with Gasteiger partial charge in [0.05, 0.1) is 4.90 Å². The third-order valence-electron chi connectivity index (χ3n) is 6.61. The summed E-state index contributed by atoms with van der Waals surface area (Å²) in [5.41, 5.74) is 1.30. The van der Waals surface area contributed by atoms with Crippen LogP contribution in [0, 0.1) is 0 Å². The predicted octanol–water partition coefficient (Wildman–Crippen LogP) is 1.65. The van der Waals surface area contributed by atoms with Crippen LogP contribution in [0.15, 0.2) is 69.1 Å². The summed E-state index contributed by atoms with van der Waals surface area (Å²) in [5, 5.41) is 0. The maximum Gasteiger partial charge on any atom is 0.330 e. The Morgan fingerprint density at radius 3 is 2.28 bits per heavy atom. The van der Waals surface area contributed by atoms with Gasteiger partial charge in [-0.1, -0.05) is 30.3 Å². The van der Waals surface area contributed by atoms with Crippen molar-refractivity contribution in [2.45, 2.75) is 24.8 Å². The second-order valence-corrected chi connectivity index (χ2v) is 10.7. The molecule has 2 N–H and O–H groups in total. The van der Waals surface area contributed by atoms with E-state index in [1.165, 1.54) is 9.87 Å². The van der Waals surface area contributed by atoms with Crippen molar-refractivity contribution in [3.05, 3.63) is 81.0 Å². The Bertz CT molecular complexity index is 1580. The quantitative estimate of drug-likeness (QED) is 0.391. The van der Waals surface area contributed by atoms with E-state index in [9.17, 15) is 18.0 Å². The number of aromatic nitrogens is 4. The largest absolute Gasteiger partial charge is 0.332 e. The fourth-order valence-electron chi connectivity index (χ4n) is 4.50. The molecule has 1 fully saturated rings. The molecule has 0 spiro atoms. The molecule has 1 aliphatic heterocycles. The summed E-state index contributed by atoms with van der Waals surface area (Å²) < 4.78 is 29.0. The van der Waals surface area contributed by atoms with Gasteiger partial charge in [0.1, 0.15) is 11.3 Å². The van der Waals surface area contributed by atoms with Crippen LogP contribution >= 0.6 is 0 Å². The van der Waals surface area contributed by atoms with E-state index >= 15 is 0 Å².